The zero-order chi connectivity index (χ0) is 15.0. The number of rotatable bonds is 2. The van der Waals surface area contributed by atoms with Gasteiger partial charge in [0.25, 0.3) is 5.89 Å². The summed E-state index contributed by atoms with van der Waals surface area (Å²) in [5.41, 5.74) is 8.31. The highest BCUT2D eigenvalue weighted by molar-refractivity contribution is 14.1. The highest BCUT2D eigenvalue weighted by atomic mass is 127. The Hall–Kier alpha value is -0.950. The van der Waals surface area contributed by atoms with Gasteiger partial charge in [-0.05, 0) is 59.9 Å². The van der Waals surface area contributed by atoms with E-state index in [0.29, 0.717) is 17.6 Å². The van der Waals surface area contributed by atoms with Crippen LogP contribution in [0, 0.1) is 16.4 Å². The number of benzene rings is 1. The number of nitrogens with two attached hydrogens (primary N) is 1. The van der Waals surface area contributed by atoms with Crippen molar-refractivity contribution in [1.82, 2.24) is 10.1 Å². The van der Waals surface area contributed by atoms with Crippen LogP contribution in [-0.4, -0.2) is 10.1 Å². The van der Waals surface area contributed by atoms with Gasteiger partial charge in [-0.3, -0.25) is 0 Å². The molecule has 1 aromatic carbocycles. The third-order valence-electron chi connectivity index (χ3n) is 4.33. The Bertz CT molecular complexity index is 655. The van der Waals surface area contributed by atoms with Gasteiger partial charge in [0.15, 0.2) is 5.82 Å². The van der Waals surface area contributed by atoms with Gasteiger partial charge >= 0.3 is 0 Å². The number of halogens is 1. The predicted molar refractivity (Wildman–Crippen MR) is 90.7 cm³/mol. The van der Waals surface area contributed by atoms with E-state index in [1.165, 1.54) is 12.0 Å². The van der Waals surface area contributed by atoms with Crippen LogP contribution in [0.5, 0.6) is 0 Å². The molecule has 0 amide bonds. The number of aryl methyl sites for hydroxylation is 1. The Morgan fingerprint density at radius 1 is 1.43 bits per heavy atom. The van der Waals surface area contributed by atoms with Crippen molar-refractivity contribution in [2.45, 2.75) is 45.1 Å². The summed E-state index contributed by atoms with van der Waals surface area (Å²) < 4.78 is 6.64. The second-order valence-electron chi connectivity index (χ2n) is 6.22. The SMILES string of the molecule is Cc1cccc(-c2nc(C3(N)CCCC(C)C3)no2)c1I. The molecule has 0 saturated heterocycles. The van der Waals surface area contributed by atoms with Crippen molar-refractivity contribution in [3.63, 3.8) is 0 Å². The average Bonchev–Trinajstić information content (AvgIpc) is 2.92. The van der Waals surface area contributed by atoms with E-state index >= 15 is 0 Å². The van der Waals surface area contributed by atoms with Crippen molar-refractivity contribution in [1.29, 1.82) is 0 Å². The van der Waals surface area contributed by atoms with E-state index < -0.39 is 5.54 Å². The summed E-state index contributed by atoms with van der Waals surface area (Å²) in [5, 5.41) is 4.18. The molecule has 3 rings (SSSR count). The number of aromatic nitrogens is 2. The monoisotopic (exact) mass is 397 g/mol. The Labute approximate surface area is 138 Å². The molecule has 1 fully saturated rings. The first kappa shape index (κ1) is 15.0. The summed E-state index contributed by atoms with van der Waals surface area (Å²) in [4.78, 5) is 4.60. The lowest BCUT2D eigenvalue weighted by Gasteiger charge is -2.33. The summed E-state index contributed by atoms with van der Waals surface area (Å²) in [7, 11) is 0. The minimum atomic E-state index is -0.436. The molecule has 2 N–H and O–H groups in total. The maximum absolute atomic E-state index is 6.54. The van der Waals surface area contributed by atoms with Crippen LogP contribution >= 0.6 is 22.6 Å². The van der Waals surface area contributed by atoms with Gasteiger partial charge in [0.1, 0.15) is 0 Å². The van der Waals surface area contributed by atoms with Gasteiger partial charge in [-0.15, -0.1) is 0 Å². The lowest BCUT2D eigenvalue weighted by Crippen LogP contribution is -2.42. The van der Waals surface area contributed by atoms with Crippen LogP contribution in [0.4, 0.5) is 0 Å². The van der Waals surface area contributed by atoms with E-state index in [1.807, 2.05) is 12.1 Å². The minimum Gasteiger partial charge on any atom is -0.334 e. The first-order valence-corrected chi connectivity index (χ1v) is 8.46. The van der Waals surface area contributed by atoms with E-state index in [1.54, 1.807) is 0 Å². The van der Waals surface area contributed by atoms with E-state index in [0.717, 1.165) is 28.4 Å². The van der Waals surface area contributed by atoms with Crippen LogP contribution in [0.15, 0.2) is 22.7 Å². The Morgan fingerprint density at radius 3 is 3.00 bits per heavy atom. The van der Waals surface area contributed by atoms with Crippen molar-refractivity contribution < 1.29 is 4.52 Å². The van der Waals surface area contributed by atoms with Gasteiger partial charge in [-0.25, -0.2) is 0 Å². The molecule has 4 nitrogen and oxygen atoms in total. The molecule has 0 spiro atoms. The van der Waals surface area contributed by atoms with Crippen molar-refractivity contribution in [2.75, 3.05) is 0 Å². The van der Waals surface area contributed by atoms with Gasteiger partial charge in [-0.2, -0.15) is 4.98 Å². The van der Waals surface area contributed by atoms with E-state index in [9.17, 15) is 0 Å². The minimum absolute atomic E-state index is 0.436. The van der Waals surface area contributed by atoms with Crippen LogP contribution in [0.2, 0.25) is 0 Å². The quantitative estimate of drug-likeness (QED) is 0.778. The Morgan fingerprint density at radius 2 is 2.24 bits per heavy atom. The highest BCUT2D eigenvalue weighted by Crippen LogP contribution is 2.37. The van der Waals surface area contributed by atoms with Crippen LogP contribution in [0.25, 0.3) is 11.5 Å². The Balaban J connectivity index is 1.95. The van der Waals surface area contributed by atoms with Gasteiger partial charge in [0.05, 0.1) is 11.1 Å². The molecule has 1 saturated carbocycles. The van der Waals surface area contributed by atoms with Crippen LogP contribution in [0.1, 0.15) is 44.0 Å². The molecule has 2 aromatic rings. The highest BCUT2D eigenvalue weighted by Gasteiger charge is 2.37. The maximum Gasteiger partial charge on any atom is 0.259 e. The summed E-state index contributed by atoms with van der Waals surface area (Å²) >= 11 is 2.32. The molecular weight excluding hydrogens is 377 g/mol. The average molecular weight is 397 g/mol. The fraction of sp³-hybridized carbons (Fsp3) is 0.500. The van der Waals surface area contributed by atoms with Crippen molar-refractivity contribution in [2.24, 2.45) is 11.7 Å². The van der Waals surface area contributed by atoms with Crippen molar-refractivity contribution in [3.8, 4) is 11.5 Å². The molecule has 112 valence electrons. The summed E-state index contributed by atoms with van der Waals surface area (Å²) in [6.07, 6.45) is 4.22. The molecule has 0 bridgehead atoms. The van der Waals surface area contributed by atoms with Crippen LogP contribution < -0.4 is 5.73 Å². The van der Waals surface area contributed by atoms with Gasteiger partial charge in [0.2, 0.25) is 0 Å². The van der Waals surface area contributed by atoms with E-state index in [-0.39, 0.29) is 0 Å². The molecule has 2 atom stereocenters. The molecule has 1 aliphatic rings. The molecule has 1 aliphatic carbocycles. The number of nitrogens with zero attached hydrogens (tertiary/aromatic N) is 2. The van der Waals surface area contributed by atoms with E-state index in [4.69, 9.17) is 10.3 Å². The van der Waals surface area contributed by atoms with Gasteiger partial charge in [-0.1, -0.05) is 37.1 Å². The predicted octanol–water partition coefficient (Wildman–Crippen LogP) is 4.01. The third kappa shape index (κ3) is 2.85. The molecule has 5 heteroatoms. The molecule has 1 aromatic heterocycles. The number of hydrogen-bond donors (Lipinski definition) is 1. The molecule has 0 radical (unpaired) electrons. The lowest BCUT2D eigenvalue weighted by molar-refractivity contribution is 0.222. The fourth-order valence-corrected chi connectivity index (χ4v) is 3.73. The maximum atomic E-state index is 6.54. The summed E-state index contributed by atoms with van der Waals surface area (Å²) in [6, 6.07) is 6.10. The van der Waals surface area contributed by atoms with Crippen molar-refractivity contribution >= 4 is 22.6 Å². The molecule has 21 heavy (non-hydrogen) atoms. The Kier molecular flexibility index (Phi) is 4.05. The third-order valence-corrected chi connectivity index (χ3v) is 5.76. The molecule has 1 heterocycles. The fourth-order valence-electron chi connectivity index (χ4n) is 3.14. The topological polar surface area (TPSA) is 64.9 Å². The van der Waals surface area contributed by atoms with Gasteiger partial charge in [0, 0.05) is 3.57 Å². The summed E-state index contributed by atoms with van der Waals surface area (Å²) in [5.74, 6) is 1.84. The smallest absolute Gasteiger partial charge is 0.259 e. The molecular formula is C16H20IN3O. The second kappa shape index (κ2) is 5.68. The second-order valence-corrected chi connectivity index (χ2v) is 7.30. The van der Waals surface area contributed by atoms with E-state index in [2.05, 4.69) is 52.6 Å². The number of hydrogen-bond acceptors (Lipinski definition) is 4. The molecule has 2 unspecified atom stereocenters. The first-order valence-electron chi connectivity index (χ1n) is 7.38. The summed E-state index contributed by atoms with van der Waals surface area (Å²) in [6.45, 7) is 4.32. The zero-order valence-corrected chi connectivity index (χ0v) is 14.6. The zero-order valence-electron chi connectivity index (χ0n) is 12.4. The first-order chi connectivity index (χ1) is 9.99. The van der Waals surface area contributed by atoms with Crippen LogP contribution in [0.3, 0.4) is 0 Å². The van der Waals surface area contributed by atoms with Crippen LogP contribution in [-0.2, 0) is 5.54 Å². The normalized spacial score (nSPS) is 26.0. The van der Waals surface area contributed by atoms with Crippen molar-refractivity contribution in [3.05, 3.63) is 33.2 Å². The van der Waals surface area contributed by atoms with Gasteiger partial charge < -0.3 is 10.3 Å². The largest absolute Gasteiger partial charge is 0.334 e. The molecule has 0 aliphatic heterocycles. The standard InChI is InChI=1S/C16H20IN3O/c1-10-5-4-8-16(18,9-10)15-19-14(21-20-15)12-7-3-6-11(2)13(12)17/h3,6-7,10H,4-5,8-9,18H2,1-2H3. The lowest BCUT2D eigenvalue weighted by atomic mass is 9.76.